The Balaban J connectivity index is 2.41. The van der Waals surface area contributed by atoms with E-state index >= 15 is 0 Å². The van der Waals surface area contributed by atoms with Crippen molar-refractivity contribution in [2.45, 2.75) is 57.7 Å². The Hall–Kier alpha value is -1.63. The van der Waals surface area contributed by atoms with Gasteiger partial charge in [0.1, 0.15) is 6.04 Å². The molecule has 2 amide bonds. The smallest absolute Gasteiger partial charge is 0.305 e. The van der Waals surface area contributed by atoms with Crippen LogP contribution in [0.25, 0.3) is 0 Å². The summed E-state index contributed by atoms with van der Waals surface area (Å²) in [6.45, 7) is 3.64. The predicted molar refractivity (Wildman–Crippen MR) is 72.8 cm³/mol. The molecule has 0 saturated heterocycles. The lowest BCUT2D eigenvalue weighted by atomic mass is 10.1. The van der Waals surface area contributed by atoms with Gasteiger partial charge in [-0.15, -0.1) is 0 Å². The second-order valence-corrected chi connectivity index (χ2v) is 5.46. The molecule has 7 heteroatoms. The zero-order valence-electron chi connectivity index (χ0n) is 11.9. The molecule has 1 rings (SSSR count). The molecule has 7 nitrogen and oxygen atoms in total. The van der Waals surface area contributed by atoms with Crippen LogP contribution in [0.15, 0.2) is 0 Å². The highest BCUT2D eigenvalue weighted by Crippen LogP contribution is 2.24. The molecule has 1 fully saturated rings. The summed E-state index contributed by atoms with van der Waals surface area (Å²) in [6, 6.07) is -1.72. The minimum atomic E-state index is -1.15. The molecule has 0 spiro atoms. The highest BCUT2D eigenvalue weighted by atomic mass is 16.4. The maximum atomic E-state index is 11.9. The summed E-state index contributed by atoms with van der Waals surface area (Å²) in [6.07, 6.45) is 2.68. The van der Waals surface area contributed by atoms with Gasteiger partial charge in [-0.25, -0.2) is 0 Å². The Morgan fingerprint density at radius 2 is 1.95 bits per heavy atom. The first kappa shape index (κ1) is 16.4. The first-order valence-electron chi connectivity index (χ1n) is 6.89. The first-order chi connectivity index (χ1) is 9.31. The predicted octanol–water partition coefficient (Wildman–Crippen LogP) is -0.402. The van der Waals surface area contributed by atoms with Gasteiger partial charge in [0.25, 0.3) is 0 Å². The van der Waals surface area contributed by atoms with Crippen molar-refractivity contribution in [1.29, 1.82) is 0 Å². The van der Waals surface area contributed by atoms with Gasteiger partial charge in [-0.2, -0.15) is 0 Å². The van der Waals surface area contributed by atoms with E-state index in [2.05, 4.69) is 17.6 Å². The number of rotatable bonds is 6. The summed E-state index contributed by atoms with van der Waals surface area (Å²) in [7, 11) is 0. The largest absolute Gasteiger partial charge is 0.481 e. The standard InChI is InChI=1S/C13H23N3O4/c1-7-4-3-5-10(7)16-12(19)8(2)15-13(20)9(14)6-11(17)18/h7-10H,3-6,14H2,1-2H3,(H,15,20)(H,16,19)(H,17,18)/t7-,8-,9+,10-/m1/s1. The van der Waals surface area contributed by atoms with Gasteiger partial charge < -0.3 is 21.5 Å². The third-order valence-corrected chi connectivity index (χ3v) is 3.67. The molecule has 0 aromatic heterocycles. The number of nitrogens with two attached hydrogens (primary N) is 1. The van der Waals surface area contributed by atoms with Crippen molar-refractivity contribution >= 4 is 17.8 Å². The lowest BCUT2D eigenvalue weighted by molar-refractivity contribution is -0.139. The average Bonchev–Trinajstić information content (AvgIpc) is 2.73. The van der Waals surface area contributed by atoms with E-state index in [1.165, 1.54) is 0 Å². The van der Waals surface area contributed by atoms with Crippen LogP contribution in [0.4, 0.5) is 0 Å². The lowest BCUT2D eigenvalue weighted by Crippen LogP contribution is -2.52. The number of carboxylic acids is 1. The van der Waals surface area contributed by atoms with Crippen molar-refractivity contribution in [3.8, 4) is 0 Å². The second-order valence-electron chi connectivity index (χ2n) is 5.46. The molecule has 1 saturated carbocycles. The molecule has 0 unspecified atom stereocenters. The average molecular weight is 285 g/mol. The number of carbonyl (C=O) groups excluding carboxylic acids is 2. The zero-order valence-corrected chi connectivity index (χ0v) is 11.9. The Bertz CT molecular complexity index is 386. The number of carboxylic acid groups (broad SMARTS) is 1. The summed E-state index contributed by atoms with van der Waals surface area (Å²) in [5.41, 5.74) is 5.43. The van der Waals surface area contributed by atoms with Gasteiger partial charge in [0.15, 0.2) is 0 Å². The van der Waals surface area contributed by atoms with Gasteiger partial charge in [-0.05, 0) is 25.7 Å². The maximum absolute atomic E-state index is 11.9. The van der Waals surface area contributed by atoms with Crippen LogP contribution in [0.1, 0.15) is 39.5 Å². The highest BCUT2D eigenvalue weighted by Gasteiger charge is 2.27. The zero-order chi connectivity index (χ0) is 15.3. The Morgan fingerprint density at radius 3 is 2.45 bits per heavy atom. The van der Waals surface area contributed by atoms with Crippen molar-refractivity contribution < 1.29 is 19.5 Å². The SMILES string of the molecule is C[C@@H]1CCC[C@H]1NC(=O)[C@@H](C)NC(=O)[C@@H](N)CC(=O)O. The Morgan fingerprint density at radius 1 is 1.30 bits per heavy atom. The molecule has 0 aromatic rings. The monoisotopic (exact) mass is 285 g/mol. The maximum Gasteiger partial charge on any atom is 0.305 e. The number of amides is 2. The van der Waals surface area contributed by atoms with Crippen molar-refractivity contribution in [3.05, 3.63) is 0 Å². The van der Waals surface area contributed by atoms with E-state index in [9.17, 15) is 14.4 Å². The van der Waals surface area contributed by atoms with E-state index in [0.29, 0.717) is 5.92 Å². The van der Waals surface area contributed by atoms with E-state index in [-0.39, 0.29) is 11.9 Å². The molecule has 0 aromatic carbocycles. The molecule has 20 heavy (non-hydrogen) atoms. The van der Waals surface area contributed by atoms with Crippen LogP contribution in [0.3, 0.4) is 0 Å². The number of nitrogens with one attached hydrogen (secondary N) is 2. The molecule has 1 aliphatic carbocycles. The number of carbonyl (C=O) groups is 3. The van der Waals surface area contributed by atoms with Gasteiger partial charge in [-0.3, -0.25) is 14.4 Å². The topological polar surface area (TPSA) is 122 Å². The van der Waals surface area contributed by atoms with Gasteiger partial charge in [0.2, 0.25) is 11.8 Å². The van der Waals surface area contributed by atoms with Crippen molar-refractivity contribution in [1.82, 2.24) is 10.6 Å². The van der Waals surface area contributed by atoms with Gasteiger partial charge in [0.05, 0.1) is 12.5 Å². The van der Waals surface area contributed by atoms with Gasteiger partial charge in [0, 0.05) is 6.04 Å². The fraction of sp³-hybridized carbons (Fsp3) is 0.769. The van der Waals surface area contributed by atoms with E-state index in [0.717, 1.165) is 19.3 Å². The molecular formula is C13H23N3O4. The second kappa shape index (κ2) is 7.23. The first-order valence-corrected chi connectivity index (χ1v) is 6.89. The van der Waals surface area contributed by atoms with Crippen LogP contribution in [0.5, 0.6) is 0 Å². The van der Waals surface area contributed by atoms with E-state index in [4.69, 9.17) is 10.8 Å². The van der Waals surface area contributed by atoms with Crippen molar-refractivity contribution in [2.75, 3.05) is 0 Å². The minimum Gasteiger partial charge on any atom is -0.481 e. The summed E-state index contributed by atoms with van der Waals surface area (Å²) in [5, 5.41) is 13.9. The Labute approximate surface area is 118 Å². The van der Waals surface area contributed by atoms with Crippen LogP contribution in [-0.4, -0.2) is 41.0 Å². The van der Waals surface area contributed by atoms with Gasteiger partial charge in [-0.1, -0.05) is 13.3 Å². The third kappa shape index (κ3) is 4.80. The van der Waals surface area contributed by atoms with Crippen molar-refractivity contribution in [2.24, 2.45) is 11.7 Å². The number of hydrogen-bond acceptors (Lipinski definition) is 4. The summed E-state index contributed by atoms with van der Waals surface area (Å²) in [4.78, 5) is 34.0. The van der Waals surface area contributed by atoms with E-state index in [1.807, 2.05) is 0 Å². The molecule has 0 aliphatic heterocycles. The van der Waals surface area contributed by atoms with Crippen LogP contribution < -0.4 is 16.4 Å². The van der Waals surface area contributed by atoms with Crippen LogP contribution in [0.2, 0.25) is 0 Å². The van der Waals surface area contributed by atoms with Crippen LogP contribution in [-0.2, 0) is 14.4 Å². The van der Waals surface area contributed by atoms with Gasteiger partial charge >= 0.3 is 5.97 Å². The van der Waals surface area contributed by atoms with E-state index in [1.54, 1.807) is 6.92 Å². The molecule has 0 heterocycles. The summed E-state index contributed by atoms with van der Waals surface area (Å²) >= 11 is 0. The fourth-order valence-electron chi connectivity index (χ4n) is 2.33. The summed E-state index contributed by atoms with van der Waals surface area (Å²) < 4.78 is 0. The molecule has 1 aliphatic rings. The third-order valence-electron chi connectivity index (χ3n) is 3.67. The normalized spacial score (nSPS) is 24.8. The molecule has 0 radical (unpaired) electrons. The quantitative estimate of drug-likeness (QED) is 0.529. The lowest BCUT2D eigenvalue weighted by Gasteiger charge is -2.21. The van der Waals surface area contributed by atoms with Crippen molar-refractivity contribution in [3.63, 3.8) is 0 Å². The van der Waals surface area contributed by atoms with Crippen LogP contribution >= 0.6 is 0 Å². The van der Waals surface area contributed by atoms with E-state index < -0.39 is 30.4 Å². The Kier molecular flexibility index (Phi) is 5.94. The number of hydrogen-bond donors (Lipinski definition) is 4. The molecule has 4 atom stereocenters. The molecule has 114 valence electrons. The minimum absolute atomic E-state index is 0.148. The highest BCUT2D eigenvalue weighted by molar-refractivity contribution is 5.91. The van der Waals surface area contributed by atoms with Crippen LogP contribution in [0, 0.1) is 5.92 Å². The number of aliphatic carboxylic acids is 1. The molecule has 0 bridgehead atoms. The fourth-order valence-corrected chi connectivity index (χ4v) is 2.33. The molecular weight excluding hydrogens is 262 g/mol. The summed E-state index contributed by atoms with van der Waals surface area (Å²) in [5.74, 6) is -1.60. The molecule has 5 N–H and O–H groups in total.